The van der Waals surface area contributed by atoms with Crippen molar-refractivity contribution in [1.29, 1.82) is 0 Å². The fourth-order valence-electron chi connectivity index (χ4n) is 9.57. The van der Waals surface area contributed by atoms with Gasteiger partial charge in [0.1, 0.15) is 17.3 Å². The predicted molar refractivity (Wildman–Crippen MR) is 211 cm³/mol. The van der Waals surface area contributed by atoms with E-state index in [1.165, 1.54) is 23.1 Å². The Kier molecular flexibility index (Phi) is 8.65. The van der Waals surface area contributed by atoms with Crippen LogP contribution in [-0.2, 0) is 25.6 Å². The maximum atomic E-state index is 14.8. The van der Waals surface area contributed by atoms with Crippen molar-refractivity contribution in [2.24, 2.45) is 45.2 Å². The molecule has 2 saturated heterocycles. The first-order chi connectivity index (χ1) is 27.3. The molecule has 4 aromatic rings. The topological polar surface area (TPSA) is 132 Å². The van der Waals surface area contributed by atoms with Crippen molar-refractivity contribution >= 4 is 63.7 Å². The lowest BCUT2D eigenvalue weighted by Gasteiger charge is -2.49. The van der Waals surface area contributed by atoms with Gasteiger partial charge < -0.3 is 14.7 Å². The van der Waals surface area contributed by atoms with Gasteiger partial charge >= 0.3 is 0 Å². The number of azo groups is 1. The molecule has 4 aromatic carbocycles. The average molecular weight is 786 g/mol. The summed E-state index contributed by atoms with van der Waals surface area (Å²) in [5.74, 6) is -5.36. The number of carbonyl (C=O) groups excluding carboxylic acids is 4. The van der Waals surface area contributed by atoms with E-state index in [4.69, 9.17) is 16.3 Å². The van der Waals surface area contributed by atoms with Gasteiger partial charge in [0.05, 0.1) is 57.2 Å². The fourth-order valence-corrected chi connectivity index (χ4v) is 9.75. The number of hydrogen-bond acceptors (Lipinski definition) is 9. The van der Waals surface area contributed by atoms with Gasteiger partial charge in [-0.1, -0.05) is 23.3 Å². The van der Waals surface area contributed by atoms with Gasteiger partial charge in [0.2, 0.25) is 23.6 Å². The molecule has 6 atom stereocenters. The van der Waals surface area contributed by atoms with E-state index >= 15 is 0 Å². The van der Waals surface area contributed by atoms with Crippen molar-refractivity contribution in [3.8, 4) is 11.5 Å². The van der Waals surface area contributed by atoms with Gasteiger partial charge in [-0.15, -0.1) is 0 Å². The van der Waals surface area contributed by atoms with Crippen LogP contribution in [0.2, 0.25) is 5.02 Å². The number of allylic oxidation sites excluding steroid dienone is 3. The van der Waals surface area contributed by atoms with Crippen LogP contribution in [0.15, 0.2) is 119 Å². The summed E-state index contributed by atoms with van der Waals surface area (Å²) in [5.41, 5.74) is 3.66. The summed E-state index contributed by atoms with van der Waals surface area (Å²) in [6, 6.07) is 22.9. The van der Waals surface area contributed by atoms with Crippen LogP contribution in [0.1, 0.15) is 25.3 Å². The number of phenolic OH excluding ortho intramolecular Hbond substituents is 1. The number of fused-ring (bicyclic) bond motifs is 5. The number of nitrogens with zero attached hydrogens (tertiary/aromatic N) is 5. The second-order valence-electron chi connectivity index (χ2n) is 15.7. The molecule has 2 aliphatic carbocycles. The molecule has 5 aliphatic rings. The zero-order valence-electron chi connectivity index (χ0n) is 31.2. The first-order valence-electron chi connectivity index (χ1n) is 18.7. The number of amides is 4. The van der Waals surface area contributed by atoms with E-state index < -0.39 is 52.6 Å². The molecule has 6 unspecified atom stereocenters. The van der Waals surface area contributed by atoms with E-state index in [2.05, 4.69) is 10.2 Å². The van der Waals surface area contributed by atoms with Crippen molar-refractivity contribution in [2.45, 2.75) is 26.2 Å². The largest absolute Gasteiger partial charge is 0.508 e. The summed E-state index contributed by atoms with van der Waals surface area (Å²) in [5, 5.41) is 18.8. The molecule has 0 spiro atoms. The van der Waals surface area contributed by atoms with E-state index in [-0.39, 0.29) is 41.1 Å². The third-order valence-corrected chi connectivity index (χ3v) is 12.6. The molecule has 1 saturated carbocycles. The number of anilines is 3. The number of hydrogen-bond donors (Lipinski definition) is 1. The van der Waals surface area contributed by atoms with Gasteiger partial charge in [0.15, 0.2) is 0 Å². The number of benzene rings is 4. The van der Waals surface area contributed by atoms with Crippen LogP contribution >= 0.6 is 11.6 Å². The molecular formula is C44H37ClFN5O6. The van der Waals surface area contributed by atoms with Crippen LogP contribution in [0, 0.1) is 40.8 Å². The summed E-state index contributed by atoms with van der Waals surface area (Å²) in [7, 11) is 3.91. The Morgan fingerprint density at radius 3 is 2.21 bits per heavy atom. The molecule has 57 heavy (non-hydrogen) atoms. The highest BCUT2D eigenvalue weighted by atomic mass is 35.5. The number of rotatable bonds is 6. The highest BCUT2D eigenvalue weighted by Gasteiger charge is 2.68. The molecule has 4 amide bonds. The first kappa shape index (κ1) is 36.5. The smallest absolute Gasteiger partial charge is 0.241 e. The Balaban J connectivity index is 1.05. The van der Waals surface area contributed by atoms with Gasteiger partial charge in [0, 0.05) is 37.7 Å². The summed E-state index contributed by atoms with van der Waals surface area (Å²) in [6.45, 7) is 1.77. The molecule has 9 rings (SSSR count). The van der Waals surface area contributed by atoms with Crippen LogP contribution in [0.4, 0.5) is 32.8 Å². The lowest BCUT2D eigenvalue weighted by Crippen LogP contribution is -2.51. The standard InChI is InChI=1S/C44H37ClFN5O6/c1-44-34(41(54)51(43(44)56)29-12-16-36(46)35(45)20-29)21-33-31(39(44)24-18-23-19-30(52)13-17-37(23)57-22-24)14-15-32-38(33)42(55)50(40(32)53)28-10-6-26(7-11-28)48-47-25-4-8-27(9-5-25)49(2)3/h4-14,16-17,19-20,22,32-34,38-39,52H,15,18,21H2,1-3H3. The third kappa shape index (κ3) is 5.76. The minimum Gasteiger partial charge on any atom is -0.508 e. The Morgan fingerprint density at radius 2 is 1.53 bits per heavy atom. The summed E-state index contributed by atoms with van der Waals surface area (Å²) in [4.78, 5) is 62.3. The van der Waals surface area contributed by atoms with Crippen LogP contribution in [0.3, 0.4) is 0 Å². The monoisotopic (exact) mass is 785 g/mol. The molecule has 0 aromatic heterocycles. The van der Waals surface area contributed by atoms with E-state index in [1.807, 2.05) is 49.3 Å². The molecule has 3 aliphatic heterocycles. The maximum absolute atomic E-state index is 14.8. The third-order valence-electron chi connectivity index (χ3n) is 12.3. The van der Waals surface area contributed by atoms with E-state index in [1.54, 1.807) is 49.6 Å². The Bertz CT molecular complexity index is 2480. The maximum Gasteiger partial charge on any atom is 0.241 e. The summed E-state index contributed by atoms with van der Waals surface area (Å²) in [6.07, 6.45) is 4.28. The van der Waals surface area contributed by atoms with Gasteiger partial charge in [-0.05, 0) is 116 Å². The van der Waals surface area contributed by atoms with E-state index in [0.717, 1.165) is 22.2 Å². The van der Waals surface area contributed by atoms with Crippen LogP contribution in [-0.4, -0.2) is 42.8 Å². The molecule has 1 N–H and O–H groups in total. The molecule has 13 heteroatoms. The minimum atomic E-state index is -1.33. The van der Waals surface area contributed by atoms with Crippen molar-refractivity contribution in [2.75, 3.05) is 28.8 Å². The molecule has 11 nitrogen and oxygen atoms in total. The SMILES string of the molecule is CN(C)c1ccc(N=Nc2ccc(N3C(=O)C4CC=C5C(CC6C(=O)N(c7ccc(F)c(Cl)c7)C(=O)C6(C)C5C5=COc6ccc(O)cc6C5)C4C3=O)cc2)cc1. The fraction of sp³-hybridized carbons (Fsp3) is 0.273. The Labute approximate surface area is 332 Å². The zero-order chi connectivity index (χ0) is 39.9. The Hall–Kier alpha value is -6.14. The van der Waals surface area contributed by atoms with E-state index in [9.17, 15) is 28.7 Å². The van der Waals surface area contributed by atoms with Gasteiger partial charge in [0.25, 0.3) is 0 Å². The molecule has 3 fully saturated rings. The van der Waals surface area contributed by atoms with Gasteiger partial charge in [-0.25, -0.2) is 9.29 Å². The van der Waals surface area contributed by atoms with Gasteiger partial charge in [-0.2, -0.15) is 10.2 Å². The molecule has 0 bridgehead atoms. The lowest BCUT2D eigenvalue weighted by atomic mass is 9.51. The highest BCUT2D eigenvalue weighted by Crippen LogP contribution is 2.63. The predicted octanol–water partition coefficient (Wildman–Crippen LogP) is 8.45. The zero-order valence-corrected chi connectivity index (χ0v) is 32.0. The number of carbonyl (C=O) groups is 4. The van der Waals surface area contributed by atoms with Crippen LogP contribution in [0.5, 0.6) is 11.5 Å². The number of halogens is 2. The van der Waals surface area contributed by atoms with E-state index in [0.29, 0.717) is 40.4 Å². The van der Waals surface area contributed by atoms with Crippen molar-refractivity contribution < 1.29 is 33.4 Å². The summed E-state index contributed by atoms with van der Waals surface area (Å²) < 4.78 is 20.3. The number of imide groups is 2. The van der Waals surface area contributed by atoms with Crippen molar-refractivity contribution in [3.05, 3.63) is 125 Å². The van der Waals surface area contributed by atoms with Gasteiger partial charge in [-0.3, -0.25) is 24.1 Å². The van der Waals surface area contributed by atoms with Crippen molar-refractivity contribution in [1.82, 2.24) is 0 Å². The minimum absolute atomic E-state index is 0.0524. The number of ether oxygens (including phenoxy) is 1. The second kappa shape index (κ2) is 13.5. The molecule has 288 valence electrons. The normalized spacial score (nSPS) is 26.4. The highest BCUT2D eigenvalue weighted by molar-refractivity contribution is 6.32. The molecule has 0 radical (unpaired) electrons. The first-order valence-corrected chi connectivity index (χ1v) is 19.1. The number of aromatic hydroxyl groups is 1. The average Bonchev–Trinajstić information content (AvgIpc) is 3.57. The Morgan fingerprint density at radius 1 is 0.842 bits per heavy atom. The quantitative estimate of drug-likeness (QED) is 0.118. The molecular weight excluding hydrogens is 749 g/mol. The molecule has 3 heterocycles. The van der Waals surface area contributed by atoms with Crippen molar-refractivity contribution in [3.63, 3.8) is 0 Å². The van der Waals surface area contributed by atoms with Crippen LogP contribution < -0.4 is 19.4 Å². The lowest BCUT2D eigenvalue weighted by molar-refractivity contribution is -0.132. The summed E-state index contributed by atoms with van der Waals surface area (Å²) >= 11 is 6.14. The second-order valence-corrected chi connectivity index (χ2v) is 16.1. The number of phenols is 1. The van der Waals surface area contributed by atoms with Crippen LogP contribution in [0.25, 0.3) is 0 Å².